The molecule has 4 nitrogen and oxygen atoms in total. The molecule has 2 aliphatic rings. The summed E-state index contributed by atoms with van der Waals surface area (Å²) in [7, 11) is 0. The zero-order chi connectivity index (χ0) is 16.0. The zero-order valence-electron chi connectivity index (χ0n) is 12.0. The van der Waals surface area contributed by atoms with E-state index in [1.807, 2.05) is 24.3 Å². The summed E-state index contributed by atoms with van der Waals surface area (Å²) in [5, 5.41) is 8.98. The second-order valence-electron chi connectivity index (χ2n) is 6.19. The number of amides is 1. The molecule has 118 valence electrons. The highest BCUT2D eigenvalue weighted by Crippen LogP contribution is 2.46. The van der Waals surface area contributed by atoms with Crippen molar-refractivity contribution in [3.05, 3.63) is 34.3 Å². The molecule has 0 aromatic heterocycles. The molecule has 1 aromatic carbocycles. The Morgan fingerprint density at radius 2 is 1.82 bits per heavy atom. The van der Waals surface area contributed by atoms with E-state index in [9.17, 15) is 14.0 Å². The molecular weight excluding hydrogens is 353 g/mol. The third kappa shape index (κ3) is 2.33. The average Bonchev–Trinajstić information content (AvgIpc) is 2.84. The number of carboxylic acid groups (broad SMARTS) is 1. The van der Waals surface area contributed by atoms with Crippen LogP contribution in [-0.4, -0.2) is 40.6 Å². The lowest BCUT2D eigenvalue weighted by Gasteiger charge is -2.43. The lowest BCUT2D eigenvalue weighted by Crippen LogP contribution is -2.51. The van der Waals surface area contributed by atoms with Gasteiger partial charge in [-0.05, 0) is 30.5 Å². The highest BCUT2D eigenvalue weighted by Gasteiger charge is 2.53. The molecule has 1 saturated carbocycles. The van der Waals surface area contributed by atoms with E-state index in [0.717, 1.165) is 29.3 Å². The van der Waals surface area contributed by atoms with Crippen molar-refractivity contribution in [3.63, 3.8) is 0 Å². The van der Waals surface area contributed by atoms with Crippen molar-refractivity contribution in [2.45, 2.75) is 36.8 Å². The van der Waals surface area contributed by atoms with E-state index in [4.69, 9.17) is 5.11 Å². The molecule has 3 rings (SSSR count). The Balaban J connectivity index is 1.84. The smallest absolute Gasteiger partial charge is 0.343 e. The third-order valence-corrected chi connectivity index (χ3v) is 5.43. The van der Waals surface area contributed by atoms with Gasteiger partial charge in [-0.1, -0.05) is 34.5 Å². The molecule has 1 aliphatic carbocycles. The minimum absolute atomic E-state index is 0.134. The van der Waals surface area contributed by atoms with Crippen LogP contribution in [0.25, 0.3) is 0 Å². The largest absolute Gasteiger partial charge is 0.479 e. The number of benzene rings is 1. The first kappa shape index (κ1) is 15.5. The minimum atomic E-state index is -2.31. The van der Waals surface area contributed by atoms with Gasteiger partial charge < -0.3 is 10.0 Å². The number of halogens is 2. The van der Waals surface area contributed by atoms with Crippen LogP contribution in [0.2, 0.25) is 0 Å². The maximum atomic E-state index is 14.2. The number of carboxylic acids is 1. The van der Waals surface area contributed by atoms with Crippen LogP contribution in [0.4, 0.5) is 4.39 Å². The van der Waals surface area contributed by atoms with Crippen LogP contribution in [0.5, 0.6) is 0 Å². The van der Waals surface area contributed by atoms with Gasteiger partial charge in [0.15, 0.2) is 0 Å². The Morgan fingerprint density at radius 3 is 2.27 bits per heavy atom. The Kier molecular flexibility index (Phi) is 3.75. The maximum absolute atomic E-state index is 14.2. The Labute approximate surface area is 136 Å². The SMILES string of the molecule is O=C(O)C1(F)CCN(C(=O)C2(c3ccc(Br)cc3)CCC2)C1. The van der Waals surface area contributed by atoms with Gasteiger partial charge in [-0.2, -0.15) is 0 Å². The van der Waals surface area contributed by atoms with Gasteiger partial charge in [-0.15, -0.1) is 0 Å². The Bertz CT molecular complexity index is 614. The van der Waals surface area contributed by atoms with E-state index >= 15 is 0 Å². The summed E-state index contributed by atoms with van der Waals surface area (Å²) in [6, 6.07) is 7.61. The molecule has 1 atom stereocenters. The monoisotopic (exact) mass is 369 g/mol. The topological polar surface area (TPSA) is 57.6 Å². The van der Waals surface area contributed by atoms with E-state index < -0.39 is 17.1 Å². The standard InChI is InChI=1S/C16H17BrFNO3/c17-12-4-2-11(3-5-12)15(6-1-7-15)13(20)19-9-8-16(18,10-19)14(21)22/h2-5H,1,6-10H2,(H,21,22). The Morgan fingerprint density at radius 1 is 1.18 bits per heavy atom. The van der Waals surface area contributed by atoms with E-state index in [-0.39, 0.29) is 25.4 Å². The molecule has 1 heterocycles. The second kappa shape index (κ2) is 5.33. The predicted molar refractivity (Wildman–Crippen MR) is 82.3 cm³/mol. The molecule has 1 aromatic rings. The molecule has 0 spiro atoms. The maximum Gasteiger partial charge on any atom is 0.343 e. The molecule has 1 amide bonds. The van der Waals surface area contributed by atoms with Crippen LogP contribution >= 0.6 is 15.9 Å². The number of carbonyl (C=O) groups is 2. The average molecular weight is 370 g/mol. The molecule has 6 heteroatoms. The van der Waals surface area contributed by atoms with Crippen molar-refractivity contribution in [1.29, 1.82) is 0 Å². The van der Waals surface area contributed by atoms with Crippen molar-refractivity contribution < 1.29 is 19.1 Å². The van der Waals surface area contributed by atoms with E-state index in [2.05, 4.69) is 15.9 Å². The summed E-state index contributed by atoms with van der Waals surface area (Å²) in [5.41, 5.74) is -1.98. The lowest BCUT2D eigenvalue weighted by atomic mass is 9.63. The summed E-state index contributed by atoms with van der Waals surface area (Å²) >= 11 is 3.38. The molecule has 2 fully saturated rings. The number of hydrogen-bond donors (Lipinski definition) is 1. The number of likely N-dealkylation sites (tertiary alicyclic amines) is 1. The molecule has 1 N–H and O–H groups in total. The Hall–Kier alpha value is -1.43. The molecule has 1 saturated heterocycles. The van der Waals surface area contributed by atoms with Crippen molar-refractivity contribution in [1.82, 2.24) is 4.90 Å². The molecule has 0 radical (unpaired) electrons. The number of rotatable bonds is 3. The summed E-state index contributed by atoms with van der Waals surface area (Å²) < 4.78 is 15.1. The third-order valence-electron chi connectivity index (χ3n) is 4.90. The molecule has 22 heavy (non-hydrogen) atoms. The summed E-state index contributed by atoms with van der Waals surface area (Å²) in [4.78, 5) is 25.3. The zero-order valence-corrected chi connectivity index (χ0v) is 13.6. The van der Waals surface area contributed by atoms with Gasteiger partial charge in [0.25, 0.3) is 0 Å². The summed E-state index contributed by atoms with van der Waals surface area (Å²) in [6.07, 6.45) is 2.28. The van der Waals surface area contributed by atoms with E-state index in [0.29, 0.717) is 0 Å². The first-order valence-electron chi connectivity index (χ1n) is 7.35. The van der Waals surface area contributed by atoms with Gasteiger partial charge in [0.1, 0.15) is 0 Å². The van der Waals surface area contributed by atoms with Crippen LogP contribution in [0.1, 0.15) is 31.2 Å². The number of hydrogen-bond acceptors (Lipinski definition) is 2. The fraction of sp³-hybridized carbons (Fsp3) is 0.500. The normalized spacial score (nSPS) is 26.5. The van der Waals surface area contributed by atoms with Crippen LogP contribution in [-0.2, 0) is 15.0 Å². The van der Waals surface area contributed by atoms with Crippen molar-refractivity contribution in [2.75, 3.05) is 13.1 Å². The fourth-order valence-corrected chi connectivity index (χ4v) is 3.61. The van der Waals surface area contributed by atoms with Crippen LogP contribution in [0.3, 0.4) is 0 Å². The number of alkyl halides is 1. The minimum Gasteiger partial charge on any atom is -0.479 e. The van der Waals surface area contributed by atoms with E-state index in [1.54, 1.807) is 0 Å². The van der Waals surface area contributed by atoms with Crippen LogP contribution in [0.15, 0.2) is 28.7 Å². The van der Waals surface area contributed by atoms with Crippen LogP contribution in [0, 0.1) is 0 Å². The van der Waals surface area contributed by atoms with Gasteiger partial charge in [0.05, 0.1) is 12.0 Å². The predicted octanol–water partition coefficient (Wildman–Crippen LogP) is 2.90. The first-order chi connectivity index (χ1) is 10.4. The molecule has 1 unspecified atom stereocenters. The molecule has 1 aliphatic heterocycles. The van der Waals surface area contributed by atoms with Crippen LogP contribution < -0.4 is 0 Å². The first-order valence-corrected chi connectivity index (χ1v) is 8.14. The lowest BCUT2D eigenvalue weighted by molar-refractivity contribution is -0.151. The van der Waals surface area contributed by atoms with Crippen molar-refractivity contribution >= 4 is 27.8 Å². The number of carbonyl (C=O) groups excluding carboxylic acids is 1. The number of nitrogens with zero attached hydrogens (tertiary/aromatic N) is 1. The van der Waals surface area contributed by atoms with E-state index in [1.165, 1.54) is 4.90 Å². The molecular formula is C16H17BrFNO3. The number of aliphatic carboxylic acids is 1. The van der Waals surface area contributed by atoms with Gasteiger partial charge in [0, 0.05) is 17.4 Å². The van der Waals surface area contributed by atoms with Gasteiger partial charge in [-0.25, -0.2) is 9.18 Å². The summed E-state index contributed by atoms with van der Waals surface area (Å²) in [6.45, 7) is -0.181. The second-order valence-corrected chi connectivity index (χ2v) is 7.11. The fourth-order valence-electron chi connectivity index (χ4n) is 3.35. The highest BCUT2D eigenvalue weighted by molar-refractivity contribution is 9.10. The quantitative estimate of drug-likeness (QED) is 0.890. The molecule has 0 bridgehead atoms. The van der Waals surface area contributed by atoms with Gasteiger partial charge in [0.2, 0.25) is 11.6 Å². The summed E-state index contributed by atoms with van der Waals surface area (Å²) in [5.74, 6) is -1.61. The van der Waals surface area contributed by atoms with Crippen molar-refractivity contribution in [3.8, 4) is 0 Å². The van der Waals surface area contributed by atoms with Gasteiger partial charge >= 0.3 is 5.97 Å². The van der Waals surface area contributed by atoms with Crippen molar-refractivity contribution in [2.24, 2.45) is 0 Å². The van der Waals surface area contributed by atoms with Gasteiger partial charge in [-0.3, -0.25) is 4.79 Å². The highest BCUT2D eigenvalue weighted by atomic mass is 79.9.